The number of benzene rings is 1. The van der Waals surface area contributed by atoms with Crippen molar-refractivity contribution in [3.63, 3.8) is 0 Å². The van der Waals surface area contributed by atoms with Crippen molar-refractivity contribution < 1.29 is 13.2 Å². The molecule has 0 unspecified atom stereocenters. The third-order valence-electron chi connectivity index (χ3n) is 3.19. The number of amides is 1. The molecule has 2 rings (SSSR count). The second-order valence-corrected chi connectivity index (χ2v) is 6.35. The molecule has 1 heterocycles. The summed E-state index contributed by atoms with van der Waals surface area (Å²) in [7, 11) is -3.49. The highest BCUT2D eigenvalue weighted by atomic mass is 32.2. The van der Waals surface area contributed by atoms with Crippen LogP contribution in [0.5, 0.6) is 0 Å². The van der Waals surface area contributed by atoms with E-state index in [2.05, 4.69) is 4.85 Å². The summed E-state index contributed by atoms with van der Waals surface area (Å²) in [6, 6.07) is 8.25. The van der Waals surface area contributed by atoms with Crippen LogP contribution in [-0.4, -0.2) is 56.3 Å². The van der Waals surface area contributed by atoms with Crippen LogP contribution in [0.3, 0.4) is 0 Å². The Balaban J connectivity index is 2.04. The summed E-state index contributed by atoms with van der Waals surface area (Å²) in [6.45, 7) is 7.70. The standard InChI is InChI=1S/C13H15N3O3S/c1-14-11-13(17)15-7-9-16(10-8-15)20(18,19)12-5-3-2-4-6-12/h2-6H,7-11H2. The largest absolute Gasteiger partial charge is 0.334 e. The van der Waals surface area contributed by atoms with Crippen LogP contribution in [0.1, 0.15) is 0 Å². The number of nitrogens with zero attached hydrogens (tertiary/aromatic N) is 3. The molecule has 0 saturated carbocycles. The first-order valence-electron chi connectivity index (χ1n) is 6.22. The second kappa shape index (κ2) is 6.03. The van der Waals surface area contributed by atoms with Crippen molar-refractivity contribution in [3.05, 3.63) is 41.7 Å². The molecule has 0 N–H and O–H groups in total. The van der Waals surface area contributed by atoms with Gasteiger partial charge in [-0.1, -0.05) is 18.2 Å². The predicted octanol–water partition coefficient (Wildman–Crippen LogP) is 0.439. The highest BCUT2D eigenvalue weighted by Gasteiger charge is 2.30. The van der Waals surface area contributed by atoms with Gasteiger partial charge in [-0.15, -0.1) is 0 Å². The molecule has 0 spiro atoms. The van der Waals surface area contributed by atoms with E-state index < -0.39 is 10.0 Å². The fourth-order valence-electron chi connectivity index (χ4n) is 2.09. The molecule has 0 radical (unpaired) electrons. The Bertz CT molecular complexity index is 614. The number of carbonyl (C=O) groups is 1. The van der Waals surface area contributed by atoms with Gasteiger partial charge in [0.1, 0.15) is 0 Å². The molecular formula is C13H15N3O3S. The summed E-state index contributed by atoms with van der Waals surface area (Å²) in [5.74, 6) is -0.239. The number of carbonyl (C=O) groups excluding carboxylic acids is 1. The molecule has 1 aliphatic heterocycles. The maximum atomic E-state index is 12.4. The van der Waals surface area contributed by atoms with Gasteiger partial charge in [-0.3, -0.25) is 4.79 Å². The minimum atomic E-state index is -3.49. The van der Waals surface area contributed by atoms with Gasteiger partial charge in [0, 0.05) is 26.2 Å². The Labute approximate surface area is 118 Å². The summed E-state index contributed by atoms with van der Waals surface area (Å²) in [6.07, 6.45) is 0. The van der Waals surface area contributed by atoms with Gasteiger partial charge in [0.05, 0.1) is 4.90 Å². The smallest absolute Gasteiger partial charge is 0.302 e. The molecule has 1 amide bonds. The van der Waals surface area contributed by atoms with Gasteiger partial charge in [-0.05, 0) is 12.1 Å². The van der Waals surface area contributed by atoms with Crippen LogP contribution in [0.15, 0.2) is 35.2 Å². The third kappa shape index (κ3) is 2.98. The Morgan fingerprint density at radius 2 is 1.75 bits per heavy atom. The van der Waals surface area contributed by atoms with E-state index in [9.17, 15) is 13.2 Å². The molecule has 1 saturated heterocycles. The lowest BCUT2D eigenvalue weighted by Crippen LogP contribution is -2.50. The lowest BCUT2D eigenvalue weighted by molar-refractivity contribution is -0.130. The highest BCUT2D eigenvalue weighted by Crippen LogP contribution is 2.17. The number of piperazine rings is 1. The van der Waals surface area contributed by atoms with Gasteiger partial charge in [0.15, 0.2) is 0 Å². The molecule has 0 atom stereocenters. The quantitative estimate of drug-likeness (QED) is 0.760. The Kier molecular flexibility index (Phi) is 4.37. The van der Waals surface area contributed by atoms with Crippen LogP contribution in [0.4, 0.5) is 0 Å². The van der Waals surface area contributed by atoms with E-state index in [-0.39, 0.29) is 30.4 Å². The molecule has 6 nitrogen and oxygen atoms in total. The first-order chi connectivity index (χ1) is 9.55. The number of rotatable bonds is 3. The summed E-state index contributed by atoms with van der Waals surface area (Å²) in [4.78, 5) is 16.4. The molecular weight excluding hydrogens is 278 g/mol. The zero-order valence-electron chi connectivity index (χ0n) is 10.9. The minimum absolute atomic E-state index is 0.175. The molecule has 20 heavy (non-hydrogen) atoms. The van der Waals surface area contributed by atoms with E-state index in [0.29, 0.717) is 13.1 Å². The lowest BCUT2D eigenvalue weighted by atomic mass is 10.3. The fraction of sp³-hybridized carbons (Fsp3) is 0.385. The third-order valence-corrected chi connectivity index (χ3v) is 5.10. The van der Waals surface area contributed by atoms with Crippen LogP contribution < -0.4 is 0 Å². The zero-order chi connectivity index (χ0) is 14.6. The second-order valence-electron chi connectivity index (χ2n) is 4.41. The van der Waals surface area contributed by atoms with Gasteiger partial charge in [0.2, 0.25) is 10.0 Å². The maximum absolute atomic E-state index is 12.4. The number of sulfonamides is 1. The summed E-state index contributed by atoms with van der Waals surface area (Å²) in [5, 5.41) is 0. The number of hydrogen-bond acceptors (Lipinski definition) is 3. The van der Waals surface area contributed by atoms with Crippen molar-refractivity contribution in [2.45, 2.75) is 4.90 Å². The minimum Gasteiger partial charge on any atom is -0.334 e. The normalized spacial score (nSPS) is 16.6. The summed E-state index contributed by atoms with van der Waals surface area (Å²) >= 11 is 0. The van der Waals surface area contributed by atoms with Crippen molar-refractivity contribution in [1.29, 1.82) is 0 Å². The van der Waals surface area contributed by atoms with Crippen LogP contribution in [0.25, 0.3) is 4.85 Å². The fourth-order valence-corrected chi connectivity index (χ4v) is 3.53. The van der Waals surface area contributed by atoms with Gasteiger partial charge >= 0.3 is 5.91 Å². The molecule has 1 aliphatic rings. The SMILES string of the molecule is [C-]#[N+]CC(=O)N1CCN(S(=O)(=O)c2ccccc2)CC1. The van der Waals surface area contributed by atoms with Crippen molar-refractivity contribution in [2.75, 3.05) is 32.7 Å². The van der Waals surface area contributed by atoms with Gasteiger partial charge in [-0.2, -0.15) is 4.31 Å². The Morgan fingerprint density at radius 1 is 1.15 bits per heavy atom. The van der Waals surface area contributed by atoms with E-state index in [1.54, 1.807) is 30.3 Å². The van der Waals surface area contributed by atoms with Crippen molar-refractivity contribution in [2.24, 2.45) is 0 Å². The van der Waals surface area contributed by atoms with Crippen molar-refractivity contribution >= 4 is 15.9 Å². The Hall–Kier alpha value is -1.91. The highest BCUT2D eigenvalue weighted by molar-refractivity contribution is 7.89. The van der Waals surface area contributed by atoms with Crippen LogP contribution >= 0.6 is 0 Å². The van der Waals surface area contributed by atoms with Gasteiger partial charge in [0.25, 0.3) is 6.54 Å². The first-order valence-corrected chi connectivity index (χ1v) is 7.66. The average Bonchev–Trinajstić information content (AvgIpc) is 2.48. The van der Waals surface area contributed by atoms with Gasteiger partial charge < -0.3 is 9.74 Å². The molecule has 0 aliphatic carbocycles. The molecule has 1 fully saturated rings. The van der Waals surface area contributed by atoms with Gasteiger partial charge in [-0.25, -0.2) is 15.0 Å². The van der Waals surface area contributed by atoms with Crippen molar-refractivity contribution in [1.82, 2.24) is 9.21 Å². The molecule has 1 aromatic carbocycles. The van der Waals surface area contributed by atoms with E-state index in [1.165, 1.54) is 9.21 Å². The van der Waals surface area contributed by atoms with Crippen LogP contribution in [0, 0.1) is 6.57 Å². The zero-order valence-corrected chi connectivity index (χ0v) is 11.7. The van der Waals surface area contributed by atoms with Crippen LogP contribution in [0.2, 0.25) is 0 Å². The summed E-state index contributed by atoms with van der Waals surface area (Å²) < 4.78 is 26.1. The molecule has 106 valence electrons. The molecule has 0 bridgehead atoms. The molecule has 7 heteroatoms. The molecule has 0 aromatic heterocycles. The lowest BCUT2D eigenvalue weighted by Gasteiger charge is -2.33. The Morgan fingerprint density at radius 3 is 2.30 bits per heavy atom. The van der Waals surface area contributed by atoms with E-state index in [0.717, 1.165) is 0 Å². The van der Waals surface area contributed by atoms with Crippen molar-refractivity contribution in [3.8, 4) is 0 Å². The topological polar surface area (TPSA) is 62.1 Å². The van der Waals surface area contributed by atoms with E-state index >= 15 is 0 Å². The number of hydrogen-bond donors (Lipinski definition) is 0. The monoisotopic (exact) mass is 293 g/mol. The maximum Gasteiger partial charge on any atom is 0.302 e. The van der Waals surface area contributed by atoms with E-state index in [1.807, 2.05) is 0 Å². The predicted molar refractivity (Wildman–Crippen MR) is 73.2 cm³/mol. The first kappa shape index (κ1) is 14.5. The average molecular weight is 293 g/mol. The summed E-state index contributed by atoms with van der Waals surface area (Å²) in [5.41, 5.74) is 0. The van der Waals surface area contributed by atoms with E-state index in [4.69, 9.17) is 6.57 Å². The molecule has 1 aromatic rings. The van der Waals surface area contributed by atoms with Crippen LogP contribution in [-0.2, 0) is 14.8 Å².